The van der Waals surface area contributed by atoms with E-state index in [0.717, 1.165) is 17.9 Å². The van der Waals surface area contributed by atoms with Gasteiger partial charge >= 0.3 is 0 Å². The second-order valence-corrected chi connectivity index (χ2v) is 7.92. The first kappa shape index (κ1) is 13.7. The normalized spacial score (nSPS) is 20.6. The fourth-order valence-corrected chi connectivity index (χ4v) is 4.03. The molecule has 1 saturated heterocycles. The first-order valence-corrected chi connectivity index (χ1v) is 9.09. The van der Waals surface area contributed by atoms with Crippen LogP contribution in [0, 0.1) is 0 Å². The monoisotopic (exact) mass is 285 g/mol. The first-order valence-electron chi connectivity index (χ1n) is 6.29. The van der Waals surface area contributed by atoms with Crippen LogP contribution >= 0.6 is 11.8 Å². The van der Waals surface area contributed by atoms with Gasteiger partial charge in [0.1, 0.15) is 0 Å². The van der Waals surface area contributed by atoms with E-state index >= 15 is 0 Å². The molecule has 1 N–H and O–H groups in total. The van der Waals surface area contributed by atoms with E-state index in [1.807, 2.05) is 17.8 Å². The van der Waals surface area contributed by atoms with Crippen LogP contribution in [-0.4, -0.2) is 31.7 Å². The molecule has 2 rings (SSSR count). The number of thioether (sulfide) groups is 1. The molecule has 1 aliphatic rings. The van der Waals surface area contributed by atoms with Gasteiger partial charge in [-0.1, -0.05) is 13.0 Å². The number of hydrogen-bond donors (Lipinski definition) is 1. The van der Waals surface area contributed by atoms with Gasteiger partial charge in [0, 0.05) is 17.5 Å². The summed E-state index contributed by atoms with van der Waals surface area (Å²) in [4.78, 5) is 0.415. The van der Waals surface area contributed by atoms with Crippen molar-refractivity contribution in [2.24, 2.45) is 0 Å². The molecule has 1 aliphatic heterocycles. The van der Waals surface area contributed by atoms with Crippen molar-refractivity contribution in [1.82, 2.24) is 0 Å². The minimum Gasteiger partial charge on any atom is -0.381 e. The van der Waals surface area contributed by atoms with Crippen LogP contribution in [0.3, 0.4) is 0 Å². The van der Waals surface area contributed by atoms with E-state index in [1.54, 1.807) is 25.1 Å². The summed E-state index contributed by atoms with van der Waals surface area (Å²) in [6.45, 7) is 1.67. The zero-order chi connectivity index (χ0) is 13.0. The average Bonchev–Trinajstić information content (AvgIpc) is 2.40. The summed E-state index contributed by atoms with van der Waals surface area (Å²) in [5.74, 6) is 2.49. The summed E-state index contributed by atoms with van der Waals surface area (Å²) in [5.41, 5.74) is 0.914. The van der Waals surface area contributed by atoms with Gasteiger partial charge in [-0.15, -0.1) is 0 Å². The number of anilines is 1. The van der Waals surface area contributed by atoms with Crippen LogP contribution in [0.1, 0.15) is 19.8 Å². The van der Waals surface area contributed by atoms with E-state index in [9.17, 15) is 8.42 Å². The molecule has 18 heavy (non-hydrogen) atoms. The molecule has 0 radical (unpaired) electrons. The SMILES string of the molecule is CCS(=O)(=O)c1cccc(N[C@@H]2CCCSC2)c1. The zero-order valence-corrected chi connectivity index (χ0v) is 12.2. The smallest absolute Gasteiger partial charge is 0.178 e. The highest BCUT2D eigenvalue weighted by Gasteiger charge is 2.15. The molecule has 1 aromatic carbocycles. The van der Waals surface area contributed by atoms with Crippen LogP contribution in [0.25, 0.3) is 0 Å². The van der Waals surface area contributed by atoms with Gasteiger partial charge in [-0.25, -0.2) is 8.42 Å². The van der Waals surface area contributed by atoms with E-state index in [2.05, 4.69) is 5.32 Å². The number of hydrogen-bond acceptors (Lipinski definition) is 4. The summed E-state index contributed by atoms with van der Waals surface area (Å²) in [7, 11) is -3.11. The van der Waals surface area contributed by atoms with Crippen LogP contribution in [0.5, 0.6) is 0 Å². The van der Waals surface area contributed by atoms with E-state index in [4.69, 9.17) is 0 Å². The molecule has 1 aromatic rings. The quantitative estimate of drug-likeness (QED) is 0.924. The predicted octanol–water partition coefficient (Wildman–Crippen LogP) is 2.79. The molecule has 1 atom stereocenters. The Kier molecular flexibility index (Phi) is 4.56. The second kappa shape index (κ2) is 5.97. The van der Waals surface area contributed by atoms with E-state index < -0.39 is 9.84 Å². The molecular formula is C13H19NO2S2. The average molecular weight is 285 g/mol. The van der Waals surface area contributed by atoms with Gasteiger partial charge in [-0.3, -0.25) is 0 Å². The Balaban J connectivity index is 2.12. The highest BCUT2D eigenvalue weighted by atomic mass is 32.2. The number of benzene rings is 1. The van der Waals surface area contributed by atoms with Gasteiger partial charge in [0.25, 0.3) is 0 Å². The van der Waals surface area contributed by atoms with Crippen molar-refractivity contribution in [3.63, 3.8) is 0 Å². The Bertz CT molecular complexity index is 493. The summed E-state index contributed by atoms with van der Waals surface area (Å²) < 4.78 is 23.6. The summed E-state index contributed by atoms with van der Waals surface area (Å²) in [6, 6.07) is 7.62. The van der Waals surface area contributed by atoms with Crippen molar-refractivity contribution in [3.05, 3.63) is 24.3 Å². The third kappa shape index (κ3) is 3.42. The topological polar surface area (TPSA) is 46.2 Å². The lowest BCUT2D eigenvalue weighted by atomic mass is 10.2. The van der Waals surface area contributed by atoms with Gasteiger partial charge in [0.15, 0.2) is 9.84 Å². The number of sulfone groups is 1. The Morgan fingerprint density at radius 1 is 1.44 bits per heavy atom. The van der Waals surface area contributed by atoms with Crippen LogP contribution in [0.15, 0.2) is 29.2 Å². The van der Waals surface area contributed by atoms with Crippen LogP contribution in [0.2, 0.25) is 0 Å². The fourth-order valence-electron chi connectivity index (χ4n) is 2.04. The minimum absolute atomic E-state index is 0.149. The molecule has 100 valence electrons. The van der Waals surface area contributed by atoms with Gasteiger partial charge in [0.05, 0.1) is 10.6 Å². The molecule has 0 amide bonds. The molecule has 1 fully saturated rings. The van der Waals surface area contributed by atoms with E-state index in [1.165, 1.54) is 12.2 Å². The minimum atomic E-state index is -3.11. The summed E-state index contributed by atoms with van der Waals surface area (Å²) in [6.07, 6.45) is 2.40. The lowest BCUT2D eigenvalue weighted by Gasteiger charge is -2.23. The Labute approximate surface area is 113 Å². The highest BCUT2D eigenvalue weighted by Crippen LogP contribution is 2.22. The van der Waals surface area contributed by atoms with Crippen LogP contribution in [-0.2, 0) is 9.84 Å². The van der Waals surface area contributed by atoms with Gasteiger partial charge < -0.3 is 5.32 Å². The van der Waals surface area contributed by atoms with Crippen molar-refractivity contribution < 1.29 is 8.42 Å². The van der Waals surface area contributed by atoms with Gasteiger partial charge in [-0.05, 0) is 36.8 Å². The molecule has 3 nitrogen and oxygen atoms in total. The van der Waals surface area contributed by atoms with Crippen LogP contribution < -0.4 is 5.32 Å². The Hall–Kier alpha value is -0.680. The number of nitrogens with one attached hydrogen (secondary N) is 1. The van der Waals surface area contributed by atoms with Crippen LogP contribution in [0.4, 0.5) is 5.69 Å². The lowest BCUT2D eigenvalue weighted by Crippen LogP contribution is -2.25. The maximum absolute atomic E-state index is 11.8. The third-order valence-corrected chi connectivity index (χ3v) is 6.05. The van der Waals surface area contributed by atoms with Crippen molar-refractivity contribution in [1.29, 1.82) is 0 Å². The predicted molar refractivity (Wildman–Crippen MR) is 78.1 cm³/mol. The molecule has 1 heterocycles. The van der Waals surface area contributed by atoms with E-state index in [-0.39, 0.29) is 5.75 Å². The zero-order valence-electron chi connectivity index (χ0n) is 10.6. The molecule has 0 saturated carbocycles. The molecule has 0 bridgehead atoms. The molecule has 0 unspecified atom stereocenters. The molecule has 5 heteroatoms. The highest BCUT2D eigenvalue weighted by molar-refractivity contribution is 7.99. The molecule has 0 spiro atoms. The summed E-state index contributed by atoms with van der Waals surface area (Å²) >= 11 is 1.96. The maximum Gasteiger partial charge on any atom is 0.178 e. The largest absolute Gasteiger partial charge is 0.381 e. The molecule has 0 aromatic heterocycles. The second-order valence-electron chi connectivity index (χ2n) is 4.49. The first-order chi connectivity index (χ1) is 8.62. The number of rotatable bonds is 4. The van der Waals surface area contributed by atoms with Crippen molar-refractivity contribution >= 4 is 27.3 Å². The van der Waals surface area contributed by atoms with E-state index in [0.29, 0.717) is 10.9 Å². The van der Waals surface area contributed by atoms with Crippen molar-refractivity contribution in [2.75, 3.05) is 22.6 Å². The van der Waals surface area contributed by atoms with Gasteiger partial charge in [0.2, 0.25) is 0 Å². The van der Waals surface area contributed by atoms with Crippen molar-refractivity contribution in [3.8, 4) is 0 Å². The fraction of sp³-hybridized carbons (Fsp3) is 0.538. The maximum atomic E-state index is 11.8. The molecule has 0 aliphatic carbocycles. The van der Waals surface area contributed by atoms with Gasteiger partial charge in [-0.2, -0.15) is 11.8 Å². The summed E-state index contributed by atoms with van der Waals surface area (Å²) in [5, 5.41) is 3.43. The Morgan fingerprint density at radius 3 is 2.94 bits per heavy atom. The van der Waals surface area contributed by atoms with Crippen molar-refractivity contribution in [2.45, 2.75) is 30.7 Å². The standard InChI is InChI=1S/C13H19NO2S2/c1-2-18(15,16)13-7-3-5-11(9-13)14-12-6-4-8-17-10-12/h3,5,7,9,12,14H,2,4,6,8,10H2,1H3/t12-/m1/s1. The Morgan fingerprint density at radius 2 is 2.28 bits per heavy atom. The molecular weight excluding hydrogens is 266 g/mol. The third-order valence-electron chi connectivity index (χ3n) is 3.10. The lowest BCUT2D eigenvalue weighted by molar-refractivity contribution is 0.597.